The third-order valence-electron chi connectivity index (χ3n) is 2.40. The highest BCUT2D eigenvalue weighted by Crippen LogP contribution is 2.15. The highest BCUT2D eigenvalue weighted by atomic mass is 16.5. The Morgan fingerprint density at radius 3 is 2.44 bits per heavy atom. The Hall–Kier alpha value is -1.59. The maximum atomic E-state index is 11.6. The predicted molar refractivity (Wildman–Crippen MR) is 68.9 cm³/mol. The molecule has 0 bridgehead atoms. The van der Waals surface area contributed by atoms with Gasteiger partial charge in [-0.15, -0.1) is 0 Å². The van der Waals surface area contributed by atoms with Crippen LogP contribution in [0.2, 0.25) is 0 Å². The average molecular weight is 253 g/mol. The van der Waals surface area contributed by atoms with E-state index >= 15 is 0 Å². The second-order valence-corrected chi connectivity index (χ2v) is 3.73. The fourth-order valence-corrected chi connectivity index (χ4v) is 1.23. The Morgan fingerprint density at radius 1 is 1.22 bits per heavy atom. The summed E-state index contributed by atoms with van der Waals surface area (Å²) in [6.07, 6.45) is -0.470. The molecule has 1 unspecified atom stereocenters. The van der Waals surface area contributed by atoms with E-state index in [2.05, 4.69) is 5.32 Å². The summed E-state index contributed by atoms with van der Waals surface area (Å²) in [7, 11) is 3.12. The molecule has 1 rings (SSSR count). The molecule has 1 aromatic rings. The van der Waals surface area contributed by atoms with Crippen molar-refractivity contribution < 1.29 is 19.0 Å². The van der Waals surface area contributed by atoms with Gasteiger partial charge >= 0.3 is 0 Å². The smallest absolute Gasteiger partial charge is 0.253 e. The number of anilines is 1. The van der Waals surface area contributed by atoms with E-state index in [4.69, 9.17) is 14.2 Å². The molecule has 0 spiro atoms. The van der Waals surface area contributed by atoms with Gasteiger partial charge < -0.3 is 19.5 Å². The topological polar surface area (TPSA) is 56.8 Å². The molecule has 0 aliphatic rings. The third kappa shape index (κ3) is 4.73. The minimum Gasteiger partial charge on any atom is -0.491 e. The van der Waals surface area contributed by atoms with Crippen LogP contribution in [0.25, 0.3) is 0 Å². The van der Waals surface area contributed by atoms with Crippen LogP contribution >= 0.6 is 0 Å². The lowest BCUT2D eigenvalue weighted by Crippen LogP contribution is -2.26. The maximum Gasteiger partial charge on any atom is 0.253 e. The number of hydrogen-bond acceptors (Lipinski definition) is 4. The van der Waals surface area contributed by atoms with Gasteiger partial charge in [0, 0.05) is 19.9 Å². The lowest BCUT2D eigenvalue weighted by molar-refractivity contribution is -0.124. The fraction of sp³-hybridized carbons (Fsp3) is 0.462. The van der Waals surface area contributed by atoms with Crippen molar-refractivity contribution in [1.82, 2.24) is 0 Å². The van der Waals surface area contributed by atoms with E-state index in [1.54, 1.807) is 38.3 Å². The van der Waals surface area contributed by atoms with Crippen molar-refractivity contribution in [2.45, 2.75) is 13.0 Å². The second-order valence-electron chi connectivity index (χ2n) is 3.73. The molecule has 0 aliphatic carbocycles. The Labute approximate surface area is 107 Å². The zero-order valence-corrected chi connectivity index (χ0v) is 10.9. The van der Waals surface area contributed by atoms with Crippen molar-refractivity contribution in [2.24, 2.45) is 0 Å². The number of nitrogens with one attached hydrogen (secondary N) is 1. The van der Waals surface area contributed by atoms with E-state index in [0.29, 0.717) is 18.9 Å². The maximum absolute atomic E-state index is 11.6. The lowest BCUT2D eigenvalue weighted by atomic mass is 10.3. The zero-order chi connectivity index (χ0) is 13.4. The first-order chi connectivity index (χ1) is 8.67. The summed E-state index contributed by atoms with van der Waals surface area (Å²) in [6, 6.07) is 7.15. The molecule has 0 saturated carbocycles. The Kier molecular flexibility index (Phi) is 6.18. The van der Waals surface area contributed by atoms with Crippen LogP contribution in [0.15, 0.2) is 24.3 Å². The van der Waals surface area contributed by atoms with Crippen LogP contribution in [0.1, 0.15) is 6.92 Å². The van der Waals surface area contributed by atoms with Crippen LogP contribution in [0, 0.1) is 0 Å². The Balaban J connectivity index is 2.47. The summed E-state index contributed by atoms with van der Waals surface area (Å²) in [4.78, 5) is 11.6. The van der Waals surface area contributed by atoms with Gasteiger partial charge in [-0.25, -0.2) is 0 Å². The van der Waals surface area contributed by atoms with Crippen molar-refractivity contribution in [1.29, 1.82) is 0 Å². The van der Waals surface area contributed by atoms with Crippen molar-refractivity contribution in [3.63, 3.8) is 0 Å². The van der Waals surface area contributed by atoms with E-state index in [9.17, 15) is 4.79 Å². The summed E-state index contributed by atoms with van der Waals surface area (Å²) in [5.41, 5.74) is 0.711. The van der Waals surface area contributed by atoms with Gasteiger partial charge in [0.15, 0.2) is 0 Å². The van der Waals surface area contributed by atoms with Gasteiger partial charge in [-0.1, -0.05) is 0 Å². The van der Waals surface area contributed by atoms with Crippen LogP contribution in [-0.4, -0.2) is 39.4 Å². The van der Waals surface area contributed by atoms with Crippen molar-refractivity contribution in [3.05, 3.63) is 24.3 Å². The van der Waals surface area contributed by atoms with Gasteiger partial charge in [0.2, 0.25) is 0 Å². The molecule has 0 aromatic heterocycles. The number of benzene rings is 1. The molecule has 1 amide bonds. The van der Waals surface area contributed by atoms with Gasteiger partial charge in [0.05, 0.1) is 6.61 Å². The summed E-state index contributed by atoms with van der Waals surface area (Å²) >= 11 is 0. The predicted octanol–water partition coefficient (Wildman–Crippen LogP) is 1.69. The minimum absolute atomic E-state index is 0.175. The number of amides is 1. The van der Waals surface area contributed by atoms with Crippen LogP contribution in [-0.2, 0) is 14.3 Å². The van der Waals surface area contributed by atoms with Gasteiger partial charge in [-0.2, -0.15) is 0 Å². The molecule has 5 heteroatoms. The minimum atomic E-state index is -0.470. The first-order valence-electron chi connectivity index (χ1n) is 5.73. The number of rotatable bonds is 7. The first-order valence-corrected chi connectivity index (χ1v) is 5.73. The highest BCUT2D eigenvalue weighted by Gasteiger charge is 2.11. The Bertz CT molecular complexity index is 364. The SMILES string of the molecule is COCCOc1ccc(NC(=O)C(C)OC)cc1. The van der Waals surface area contributed by atoms with Gasteiger partial charge in [0.1, 0.15) is 18.5 Å². The van der Waals surface area contributed by atoms with Gasteiger partial charge in [-0.3, -0.25) is 4.79 Å². The van der Waals surface area contributed by atoms with E-state index in [1.807, 2.05) is 0 Å². The number of hydrogen-bond donors (Lipinski definition) is 1. The van der Waals surface area contributed by atoms with Crippen LogP contribution in [0.5, 0.6) is 5.75 Å². The molecule has 5 nitrogen and oxygen atoms in total. The second kappa shape index (κ2) is 7.68. The molecule has 1 N–H and O–H groups in total. The van der Waals surface area contributed by atoms with Crippen molar-refractivity contribution in [2.75, 3.05) is 32.8 Å². The van der Waals surface area contributed by atoms with Gasteiger partial charge in [-0.05, 0) is 31.2 Å². The van der Waals surface area contributed by atoms with Crippen LogP contribution < -0.4 is 10.1 Å². The molecule has 0 radical (unpaired) electrons. The van der Waals surface area contributed by atoms with Crippen LogP contribution in [0.3, 0.4) is 0 Å². The van der Waals surface area contributed by atoms with Crippen molar-refractivity contribution >= 4 is 11.6 Å². The van der Waals surface area contributed by atoms with E-state index in [0.717, 1.165) is 5.75 Å². The first kappa shape index (κ1) is 14.5. The zero-order valence-electron chi connectivity index (χ0n) is 10.9. The Morgan fingerprint density at radius 2 is 1.89 bits per heavy atom. The molecule has 0 saturated heterocycles. The average Bonchev–Trinajstić information content (AvgIpc) is 2.40. The van der Waals surface area contributed by atoms with E-state index in [-0.39, 0.29) is 5.91 Å². The summed E-state index contributed by atoms with van der Waals surface area (Å²) in [5.74, 6) is 0.565. The number of methoxy groups -OCH3 is 2. The van der Waals surface area contributed by atoms with Crippen LogP contribution in [0.4, 0.5) is 5.69 Å². The highest BCUT2D eigenvalue weighted by molar-refractivity contribution is 5.93. The number of ether oxygens (including phenoxy) is 3. The molecule has 0 aliphatic heterocycles. The normalized spacial score (nSPS) is 11.9. The molecular weight excluding hydrogens is 234 g/mol. The molecule has 1 aromatic carbocycles. The monoisotopic (exact) mass is 253 g/mol. The standard InChI is InChI=1S/C13H19NO4/c1-10(17-3)13(15)14-11-4-6-12(7-5-11)18-9-8-16-2/h4-7,10H,8-9H2,1-3H3,(H,14,15). The summed E-state index contributed by atoms with van der Waals surface area (Å²) < 4.78 is 15.2. The largest absolute Gasteiger partial charge is 0.491 e. The third-order valence-corrected chi connectivity index (χ3v) is 2.40. The van der Waals surface area contributed by atoms with Crippen molar-refractivity contribution in [3.8, 4) is 5.75 Å². The molecule has 18 heavy (non-hydrogen) atoms. The summed E-state index contributed by atoms with van der Waals surface area (Å²) in [5, 5.41) is 2.74. The molecule has 0 fully saturated rings. The molecule has 0 heterocycles. The molecule has 1 atom stereocenters. The molecule has 100 valence electrons. The van der Waals surface area contributed by atoms with E-state index < -0.39 is 6.10 Å². The van der Waals surface area contributed by atoms with E-state index in [1.165, 1.54) is 7.11 Å². The fourth-order valence-electron chi connectivity index (χ4n) is 1.23. The quantitative estimate of drug-likeness (QED) is 0.751. The number of carbonyl (C=O) groups excluding carboxylic acids is 1. The van der Waals surface area contributed by atoms with Gasteiger partial charge in [0.25, 0.3) is 5.91 Å². The number of carbonyl (C=O) groups is 1. The lowest BCUT2D eigenvalue weighted by Gasteiger charge is -2.11. The summed E-state index contributed by atoms with van der Waals surface area (Å²) in [6.45, 7) is 2.74. The molecular formula is C13H19NO4.